The molecule has 2 amide bonds. The zero-order valence-electron chi connectivity index (χ0n) is 18.4. The van der Waals surface area contributed by atoms with Crippen molar-refractivity contribution in [2.24, 2.45) is 5.92 Å². The molecule has 2 fully saturated rings. The van der Waals surface area contributed by atoms with Crippen molar-refractivity contribution in [3.8, 4) is 5.75 Å². The number of nitrogens with zero attached hydrogens (tertiary/aromatic N) is 1. The topological polar surface area (TPSA) is 110 Å². The Morgan fingerprint density at radius 3 is 2.79 bits per heavy atom. The van der Waals surface area contributed by atoms with Gasteiger partial charge in [0, 0.05) is 29.3 Å². The normalized spacial score (nSPS) is 25.8. The zero-order valence-corrected chi connectivity index (χ0v) is 18.4. The van der Waals surface area contributed by atoms with E-state index in [4.69, 9.17) is 9.47 Å². The van der Waals surface area contributed by atoms with Gasteiger partial charge in [-0.25, -0.2) is 0 Å². The minimum atomic E-state index is -0.516. The Labute approximate surface area is 192 Å². The van der Waals surface area contributed by atoms with Gasteiger partial charge in [-0.1, -0.05) is 12.5 Å². The first kappa shape index (κ1) is 21.9. The Kier molecular flexibility index (Phi) is 6.28. The standard InChI is InChI=1S/C25H29N3O5/c29-14-22-24-20(11-18(32-22)12-23(30)27-13-17-6-1-2-9-26-17)19-10-16(7-8-21(19)33-24)28-25(31)15-4-3-5-15/h1-2,6-10,15,18,20,22,24,29H,3-5,11-14H2,(H,27,30)(H,28,31)/t18-,20+,22-,24-/m1/s1. The predicted octanol–water partition coefficient (Wildman–Crippen LogP) is 2.52. The van der Waals surface area contributed by atoms with Crippen LogP contribution >= 0.6 is 0 Å². The summed E-state index contributed by atoms with van der Waals surface area (Å²) in [5, 5.41) is 15.8. The summed E-state index contributed by atoms with van der Waals surface area (Å²) in [6.07, 6.45) is 4.33. The lowest BCUT2D eigenvalue weighted by Crippen LogP contribution is -2.47. The minimum Gasteiger partial charge on any atom is -0.487 e. The summed E-state index contributed by atoms with van der Waals surface area (Å²) in [7, 11) is 0. The number of hydrogen-bond acceptors (Lipinski definition) is 6. The van der Waals surface area contributed by atoms with Gasteiger partial charge in [-0.15, -0.1) is 0 Å². The number of pyridine rings is 1. The maximum atomic E-state index is 12.5. The third-order valence-electron chi connectivity index (χ3n) is 6.85. The Hall–Kier alpha value is -2.97. The number of amides is 2. The fourth-order valence-electron chi connectivity index (χ4n) is 4.85. The van der Waals surface area contributed by atoms with Gasteiger partial charge in [-0.2, -0.15) is 0 Å². The van der Waals surface area contributed by atoms with Crippen molar-refractivity contribution in [1.29, 1.82) is 0 Å². The molecule has 33 heavy (non-hydrogen) atoms. The molecule has 0 bridgehead atoms. The van der Waals surface area contributed by atoms with E-state index in [0.717, 1.165) is 42.0 Å². The molecule has 174 valence electrons. The minimum absolute atomic E-state index is 0.0138. The van der Waals surface area contributed by atoms with Crippen LogP contribution in [0.4, 0.5) is 5.69 Å². The van der Waals surface area contributed by atoms with Gasteiger partial charge in [0.05, 0.1) is 31.4 Å². The van der Waals surface area contributed by atoms with Gasteiger partial charge in [0.15, 0.2) is 0 Å². The molecule has 0 unspecified atom stereocenters. The van der Waals surface area contributed by atoms with Crippen LogP contribution in [0.15, 0.2) is 42.6 Å². The molecule has 3 N–H and O–H groups in total. The number of fused-ring (bicyclic) bond motifs is 3. The first-order valence-electron chi connectivity index (χ1n) is 11.6. The van der Waals surface area contributed by atoms with E-state index in [1.165, 1.54) is 0 Å². The Bertz CT molecular complexity index is 1010. The van der Waals surface area contributed by atoms with Gasteiger partial charge in [0.25, 0.3) is 0 Å². The van der Waals surface area contributed by atoms with Gasteiger partial charge in [0.2, 0.25) is 11.8 Å². The highest BCUT2D eigenvalue weighted by Gasteiger charge is 2.46. The van der Waals surface area contributed by atoms with Crippen LogP contribution in [0.3, 0.4) is 0 Å². The number of benzene rings is 1. The summed E-state index contributed by atoms with van der Waals surface area (Å²) in [6, 6.07) is 11.3. The molecule has 8 nitrogen and oxygen atoms in total. The van der Waals surface area contributed by atoms with Gasteiger partial charge in [0.1, 0.15) is 18.0 Å². The summed E-state index contributed by atoms with van der Waals surface area (Å²) in [5.41, 5.74) is 2.54. The second kappa shape index (κ2) is 9.49. The van der Waals surface area contributed by atoms with Crippen LogP contribution in [0.25, 0.3) is 0 Å². The molecule has 3 heterocycles. The summed E-state index contributed by atoms with van der Waals surface area (Å²) < 4.78 is 12.1. The summed E-state index contributed by atoms with van der Waals surface area (Å²) in [6.45, 7) is 0.171. The molecule has 0 radical (unpaired) electrons. The molecule has 2 aromatic rings. The van der Waals surface area contributed by atoms with Crippen molar-refractivity contribution in [2.45, 2.75) is 62.9 Å². The number of hydrogen-bond donors (Lipinski definition) is 3. The Balaban J connectivity index is 1.25. The fourth-order valence-corrected chi connectivity index (χ4v) is 4.85. The fraction of sp³-hybridized carbons (Fsp3) is 0.480. The average Bonchev–Trinajstić information content (AvgIpc) is 3.14. The highest BCUT2D eigenvalue weighted by atomic mass is 16.6. The predicted molar refractivity (Wildman–Crippen MR) is 121 cm³/mol. The highest BCUT2D eigenvalue weighted by Crippen LogP contribution is 2.47. The number of anilines is 1. The third kappa shape index (κ3) is 4.72. The largest absolute Gasteiger partial charge is 0.487 e. The van der Waals surface area contributed by atoms with E-state index in [2.05, 4.69) is 15.6 Å². The number of carbonyl (C=O) groups excluding carboxylic acids is 2. The molecule has 0 spiro atoms. The van der Waals surface area contributed by atoms with Crippen molar-refractivity contribution >= 4 is 17.5 Å². The molecule has 4 atom stereocenters. The lowest BCUT2D eigenvalue weighted by atomic mass is 9.83. The smallest absolute Gasteiger partial charge is 0.227 e. The third-order valence-corrected chi connectivity index (χ3v) is 6.85. The lowest BCUT2D eigenvalue weighted by Gasteiger charge is -2.37. The van der Waals surface area contributed by atoms with E-state index in [9.17, 15) is 14.7 Å². The van der Waals surface area contributed by atoms with Crippen molar-refractivity contribution in [3.63, 3.8) is 0 Å². The van der Waals surface area contributed by atoms with Crippen LogP contribution in [0, 0.1) is 5.92 Å². The molecule has 5 rings (SSSR count). The lowest BCUT2D eigenvalue weighted by molar-refractivity contribution is -0.142. The zero-order chi connectivity index (χ0) is 22.8. The van der Waals surface area contributed by atoms with Gasteiger partial charge in [-0.3, -0.25) is 14.6 Å². The Morgan fingerprint density at radius 1 is 1.18 bits per heavy atom. The van der Waals surface area contributed by atoms with E-state index >= 15 is 0 Å². The van der Waals surface area contributed by atoms with Crippen molar-refractivity contribution < 1.29 is 24.2 Å². The van der Waals surface area contributed by atoms with Gasteiger partial charge < -0.3 is 25.2 Å². The van der Waals surface area contributed by atoms with Crippen LogP contribution in [-0.2, 0) is 20.9 Å². The number of aliphatic hydroxyl groups is 1. The highest BCUT2D eigenvalue weighted by molar-refractivity contribution is 5.93. The second-order valence-electron chi connectivity index (χ2n) is 9.08. The molecule has 8 heteroatoms. The Morgan fingerprint density at radius 2 is 2.06 bits per heavy atom. The van der Waals surface area contributed by atoms with E-state index in [-0.39, 0.29) is 48.9 Å². The number of aromatic nitrogens is 1. The molecule has 3 aliphatic rings. The van der Waals surface area contributed by atoms with E-state index in [1.54, 1.807) is 6.20 Å². The monoisotopic (exact) mass is 451 g/mol. The summed E-state index contributed by atoms with van der Waals surface area (Å²) in [5.74, 6) is 0.785. The quantitative estimate of drug-likeness (QED) is 0.597. The van der Waals surface area contributed by atoms with Gasteiger partial charge in [-0.05, 0) is 49.6 Å². The number of nitrogens with one attached hydrogen (secondary N) is 2. The molecular formula is C25H29N3O5. The molecule has 2 aliphatic heterocycles. The first-order valence-corrected chi connectivity index (χ1v) is 11.6. The van der Waals surface area contributed by atoms with Crippen LogP contribution < -0.4 is 15.4 Å². The molecule has 1 saturated heterocycles. The molecule has 1 saturated carbocycles. The first-order chi connectivity index (χ1) is 16.1. The van der Waals surface area contributed by atoms with Crippen molar-refractivity contribution in [1.82, 2.24) is 10.3 Å². The molecular weight excluding hydrogens is 422 g/mol. The second-order valence-corrected chi connectivity index (χ2v) is 9.08. The van der Waals surface area contributed by atoms with Crippen LogP contribution in [0.5, 0.6) is 5.75 Å². The number of aliphatic hydroxyl groups excluding tert-OH is 1. The SMILES string of the molecule is O=C(C[C@H]1C[C@H]2c3cc(NC(=O)C4CCC4)ccc3O[C@H]2[C@@H](CO)O1)NCc1ccccn1. The molecule has 1 aromatic carbocycles. The van der Waals surface area contributed by atoms with Crippen LogP contribution in [0.1, 0.15) is 49.3 Å². The van der Waals surface area contributed by atoms with Gasteiger partial charge >= 0.3 is 0 Å². The average molecular weight is 452 g/mol. The maximum Gasteiger partial charge on any atom is 0.227 e. The van der Waals surface area contributed by atoms with E-state index in [1.807, 2.05) is 36.4 Å². The number of carbonyl (C=O) groups is 2. The molecule has 1 aliphatic carbocycles. The maximum absolute atomic E-state index is 12.5. The number of ether oxygens (including phenoxy) is 2. The summed E-state index contributed by atoms with van der Waals surface area (Å²) in [4.78, 5) is 29.1. The van der Waals surface area contributed by atoms with Crippen molar-refractivity contribution in [2.75, 3.05) is 11.9 Å². The van der Waals surface area contributed by atoms with E-state index < -0.39 is 6.10 Å². The van der Waals surface area contributed by atoms with Crippen LogP contribution in [0.2, 0.25) is 0 Å². The van der Waals surface area contributed by atoms with Crippen molar-refractivity contribution in [3.05, 3.63) is 53.9 Å². The van der Waals surface area contributed by atoms with E-state index in [0.29, 0.717) is 13.0 Å². The van der Waals surface area contributed by atoms with Crippen LogP contribution in [-0.4, -0.2) is 46.8 Å². The summed E-state index contributed by atoms with van der Waals surface area (Å²) >= 11 is 0. The molecule has 1 aromatic heterocycles. The number of rotatable bonds is 7.